The van der Waals surface area contributed by atoms with Gasteiger partial charge in [-0.05, 0) is 113 Å². The Kier molecular flexibility index (Phi) is 26.1. The fourth-order valence-electron chi connectivity index (χ4n) is 6.56. The van der Waals surface area contributed by atoms with Gasteiger partial charge < -0.3 is 19.5 Å². The maximum absolute atomic E-state index is 11.9. The Bertz CT molecular complexity index is 2050. The van der Waals surface area contributed by atoms with E-state index < -0.39 is 43.4 Å². The SMILES string of the molecule is C/C=C/C=C/CC(CC(CCCCCCc1cc(O)cc(O)c1)SSC(CCCCCCc1cc(O)cc(OS(=O)(=O)O)c1)CC(C/C=C/C=C/C)OS(=O)(=O)O)OS(=O)(=O)O. The topological polar surface area (TPSA) is 251 Å². The smallest absolute Gasteiger partial charge is 0.446 e. The van der Waals surface area contributed by atoms with Crippen molar-refractivity contribution in [2.24, 2.45) is 0 Å². The fraction of sp³-hybridized carbons (Fsp3) is 0.524. The Morgan fingerprint density at radius 1 is 0.532 bits per heavy atom. The first kappa shape index (κ1) is 55.1. The summed E-state index contributed by atoms with van der Waals surface area (Å²) >= 11 is 0. The average molecular weight is 967 g/mol. The van der Waals surface area contributed by atoms with E-state index >= 15 is 0 Å². The van der Waals surface area contributed by atoms with Crippen molar-refractivity contribution in [1.29, 1.82) is 0 Å². The molecule has 15 nitrogen and oxygen atoms in total. The molecule has 0 heterocycles. The first-order valence-corrected chi connectivity index (χ1v) is 26.8. The lowest BCUT2D eigenvalue weighted by Crippen LogP contribution is -2.23. The van der Waals surface area contributed by atoms with Crippen molar-refractivity contribution in [3.8, 4) is 23.0 Å². The average Bonchev–Trinajstić information content (AvgIpc) is 3.13. The molecule has 2 aromatic rings. The maximum Gasteiger partial charge on any atom is 0.446 e. The number of unbranched alkanes of at least 4 members (excludes halogenated alkanes) is 6. The van der Waals surface area contributed by atoms with E-state index in [1.54, 1.807) is 48.6 Å². The van der Waals surface area contributed by atoms with Crippen LogP contribution in [0.1, 0.15) is 115 Å². The van der Waals surface area contributed by atoms with Crippen LogP contribution < -0.4 is 4.18 Å². The molecule has 2 aromatic carbocycles. The molecular formula is C42H62O15S5. The van der Waals surface area contributed by atoms with E-state index in [0.29, 0.717) is 37.7 Å². The van der Waals surface area contributed by atoms with Crippen molar-refractivity contribution < 1.29 is 66.8 Å². The Balaban J connectivity index is 2.22. The van der Waals surface area contributed by atoms with E-state index in [4.69, 9.17) is 12.9 Å². The maximum atomic E-state index is 11.9. The van der Waals surface area contributed by atoms with Gasteiger partial charge in [-0.15, -0.1) is 0 Å². The molecule has 0 aliphatic rings. The second kappa shape index (κ2) is 29.4. The van der Waals surface area contributed by atoms with E-state index in [-0.39, 0.29) is 59.2 Å². The van der Waals surface area contributed by atoms with Gasteiger partial charge in [0.25, 0.3) is 0 Å². The number of allylic oxidation sites excluding steroid dienone is 6. The van der Waals surface area contributed by atoms with E-state index in [9.17, 15) is 49.7 Å². The minimum absolute atomic E-state index is 0.00341. The number of aryl methyl sites for hydroxylation is 2. The molecule has 0 amide bonds. The molecule has 0 radical (unpaired) electrons. The van der Waals surface area contributed by atoms with Gasteiger partial charge in [0.05, 0.1) is 12.2 Å². The van der Waals surface area contributed by atoms with Crippen molar-refractivity contribution in [3.63, 3.8) is 0 Å². The van der Waals surface area contributed by atoms with Gasteiger partial charge in [0, 0.05) is 22.6 Å². The molecule has 62 heavy (non-hydrogen) atoms. The highest BCUT2D eigenvalue weighted by Gasteiger charge is 2.26. The standard InChI is InChI=1S/C42H62O15S5/c1-3-5-7-15-21-38(55-60(46,47)48)31-41(23-17-11-9-13-19-33-25-35(43)29-36(44)26-33)58-59-42(32-39(56-61(49,50)51)22-16-8-6-4-2)24-18-12-10-14-20-34-27-37(45)30-40(28-34)57-62(52,53)54/h3-8,15-16,25-30,38-39,41-45H,9-14,17-24,31-32H2,1-2H3,(H,46,47,48)(H,49,50,51)(H,52,53,54)/b5-3+,6-4+,15-7+,16-8+. The summed E-state index contributed by atoms with van der Waals surface area (Å²) in [6.45, 7) is 3.68. The van der Waals surface area contributed by atoms with Crippen LogP contribution in [0.2, 0.25) is 0 Å². The van der Waals surface area contributed by atoms with Crippen molar-refractivity contribution in [3.05, 3.63) is 96.1 Å². The van der Waals surface area contributed by atoms with Gasteiger partial charge in [-0.2, -0.15) is 25.3 Å². The molecule has 4 unspecified atom stereocenters. The summed E-state index contributed by atoms with van der Waals surface area (Å²) in [4.78, 5) is 0. The van der Waals surface area contributed by atoms with Gasteiger partial charge >= 0.3 is 31.2 Å². The number of phenolic OH excluding ortho intramolecular Hbond substituents is 3. The Hall–Kier alpha value is -3.05. The quantitative estimate of drug-likeness (QED) is 0.0168. The lowest BCUT2D eigenvalue weighted by Gasteiger charge is -2.25. The van der Waals surface area contributed by atoms with Gasteiger partial charge in [-0.1, -0.05) is 109 Å². The van der Waals surface area contributed by atoms with Crippen molar-refractivity contribution >= 4 is 52.8 Å². The lowest BCUT2D eigenvalue weighted by molar-refractivity contribution is 0.172. The monoisotopic (exact) mass is 966 g/mol. The zero-order valence-corrected chi connectivity index (χ0v) is 39.2. The highest BCUT2D eigenvalue weighted by atomic mass is 33.1. The summed E-state index contributed by atoms with van der Waals surface area (Å²) in [7, 11) is -11.3. The zero-order chi connectivity index (χ0) is 46.0. The first-order chi connectivity index (χ1) is 29.2. The zero-order valence-electron chi connectivity index (χ0n) is 35.1. The Morgan fingerprint density at radius 2 is 0.935 bits per heavy atom. The highest BCUT2D eigenvalue weighted by molar-refractivity contribution is 8.77. The molecule has 0 aromatic heterocycles. The van der Waals surface area contributed by atoms with E-state index in [1.807, 2.05) is 26.0 Å². The summed E-state index contributed by atoms with van der Waals surface area (Å²) < 4.78 is 113. The summed E-state index contributed by atoms with van der Waals surface area (Å²) in [5.41, 5.74) is 1.43. The van der Waals surface area contributed by atoms with E-state index in [0.717, 1.165) is 56.6 Å². The van der Waals surface area contributed by atoms with Crippen LogP contribution >= 0.6 is 21.6 Å². The number of aromatic hydroxyl groups is 3. The molecule has 0 saturated carbocycles. The third-order valence-electron chi connectivity index (χ3n) is 9.17. The predicted molar refractivity (Wildman–Crippen MR) is 246 cm³/mol. The number of phenols is 3. The number of benzene rings is 2. The third-order valence-corrected chi connectivity index (χ3v) is 14.1. The van der Waals surface area contributed by atoms with Crippen LogP contribution in [-0.2, 0) is 52.4 Å². The van der Waals surface area contributed by atoms with Crippen LogP contribution in [0.5, 0.6) is 23.0 Å². The summed E-state index contributed by atoms with van der Waals surface area (Å²) in [6, 6.07) is 8.48. The summed E-state index contributed by atoms with van der Waals surface area (Å²) in [5, 5.41) is 29.3. The van der Waals surface area contributed by atoms with Crippen molar-refractivity contribution in [1.82, 2.24) is 0 Å². The minimum Gasteiger partial charge on any atom is -0.508 e. The molecule has 0 aliphatic heterocycles. The highest BCUT2D eigenvalue weighted by Crippen LogP contribution is 2.41. The molecule has 0 spiro atoms. The normalized spacial score (nSPS) is 14.9. The largest absolute Gasteiger partial charge is 0.508 e. The first-order valence-electron chi connectivity index (χ1n) is 20.4. The molecule has 350 valence electrons. The molecular weight excluding hydrogens is 905 g/mol. The molecule has 4 atom stereocenters. The van der Waals surface area contributed by atoms with Gasteiger partial charge in [-0.25, -0.2) is 8.37 Å². The van der Waals surface area contributed by atoms with E-state index in [2.05, 4.69) is 4.18 Å². The van der Waals surface area contributed by atoms with E-state index in [1.165, 1.54) is 39.8 Å². The van der Waals surface area contributed by atoms with Gasteiger partial charge in [-0.3, -0.25) is 13.7 Å². The number of hydrogen-bond donors (Lipinski definition) is 6. The molecule has 20 heteroatoms. The minimum atomic E-state index is -4.78. The van der Waals surface area contributed by atoms with Crippen LogP contribution in [0.25, 0.3) is 0 Å². The predicted octanol–water partition coefficient (Wildman–Crippen LogP) is 9.99. The van der Waals surface area contributed by atoms with Gasteiger partial charge in [0.2, 0.25) is 0 Å². The molecule has 6 N–H and O–H groups in total. The summed E-state index contributed by atoms with van der Waals surface area (Å²) in [6.07, 6.45) is 22.2. The Morgan fingerprint density at radius 3 is 1.34 bits per heavy atom. The molecule has 0 aliphatic carbocycles. The number of hydrogen-bond acceptors (Lipinski definition) is 14. The van der Waals surface area contributed by atoms with Crippen LogP contribution in [0.3, 0.4) is 0 Å². The fourth-order valence-corrected chi connectivity index (χ4v) is 11.3. The van der Waals surface area contributed by atoms with Crippen LogP contribution in [0.4, 0.5) is 0 Å². The van der Waals surface area contributed by atoms with Crippen LogP contribution in [-0.4, -0.2) is 76.9 Å². The second-order valence-electron chi connectivity index (χ2n) is 14.7. The van der Waals surface area contributed by atoms with Gasteiger partial charge in [0.1, 0.15) is 23.0 Å². The van der Waals surface area contributed by atoms with Crippen LogP contribution in [0, 0.1) is 0 Å². The second-order valence-corrected chi connectivity index (χ2v) is 20.7. The molecule has 0 fully saturated rings. The summed E-state index contributed by atoms with van der Waals surface area (Å²) in [5.74, 6) is -0.437. The molecule has 2 rings (SSSR count). The Labute approximate surface area is 376 Å². The van der Waals surface area contributed by atoms with Crippen LogP contribution in [0.15, 0.2) is 85.0 Å². The van der Waals surface area contributed by atoms with Crippen molar-refractivity contribution in [2.75, 3.05) is 0 Å². The number of rotatable bonds is 33. The van der Waals surface area contributed by atoms with Gasteiger partial charge in [0.15, 0.2) is 0 Å². The van der Waals surface area contributed by atoms with Crippen molar-refractivity contribution in [2.45, 2.75) is 139 Å². The molecule has 0 bridgehead atoms. The molecule has 0 saturated heterocycles. The third kappa shape index (κ3) is 28.6. The lowest BCUT2D eigenvalue weighted by atomic mass is 10.0.